The Morgan fingerprint density at radius 1 is 1.39 bits per heavy atom. The van der Waals surface area contributed by atoms with Crippen molar-refractivity contribution in [3.63, 3.8) is 0 Å². The quantitative estimate of drug-likeness (QED) is 0.875. The van der Waals surface area contributed by atoms with Crippen LogP contribution in [0.5, 0.6) is 5.75 Å². The minimum atomic E-state index is -0.492. The summed E-state index contributed by atoms with van der Waals surface area (Å²) in [4.78, 5) is 0. The zero-order chi connectivity index (χ0) is 13.8. The Morgan fingerprint density at radius 3 is 2.61 bits per heavy atom. The van der Waals surface area contributed by atoms with Gasteiger partial charge in [0.1, 0.15) is 6.10 Å². The minimum absolute atomic E-state index is 0.0175. The Hall–Kier alpha value is -0.800. The van der Waals surface area contributed by atoms with Crippen LogP contribution in [0.3, 0.4) is 0 Å². The molecule has 102 valence electrons. The van der Waals surface area contributed by atoms with E-state index in [0.717, 1.165) is 6.42 Å². The number of halogens is 2. The molecule has 1 aromatic rings. The van der Waals surface area contributed by atoms with Crippen molar-refractivity contribution in [2.45, 2.75) is 45.8 Å². The zero-order valence-corrected chi connectivity index (χ0v) is 12.1. The Balaban J connectivity index is 2.65. The van der Waals surface area contributed by atoms with Crippen LogP contribution >= 0.6 is 11.6 Å². The van der Waals surface area contributed by atoms with Crippen LogP contribution < -0.4 is 10.1 Å². The lowest BCUT2D eigenvalue weighted by atomic mass is 10.1. The summed E-state index contributed by atoms with van der Waals surface area (Å²) >= 11 is 5.72. The Kier molecular flexibility index (Phi) is 5.42. The third-order valence-corrected chi connectivity index (χ3v) is 2.82. The van der Waals surface area contributed by atoms with Gasteiger partial charge in [0, 0.05) is 12.1 Å². The maximum Gasteiger partial charge on any atom is 0.183 e. The predicted octanol–water partition coefficient (Wildman–Crippen LogP) is 4.02. The Labute approximate surface area is 113 Å². The molecule has 0 spiro atoms. The molecule has 1 N–H and O–H groups in total. The average molecular weight is 274 g/mol. The van der Waals surface area contributed by atoms with Crippen LogP contribution in [0.25, 0.3) is 0 Å². The summed E-state index contributed by atoms with van der Waals surface area (Å²) in [7, 11) is 0. The highest BCUT2D eigenvalue weighted by atomic mass is 35.5. The molecule has 0 aromatic heterocycles. The monoisotopic (exact) mass is 273 g/mol. The molecule has 1 rings (SSSR count). The first-order valence-electron chi connectivity index (χ1n) is 6.19. The summed E-state index contributed by atoms with van der Waals surface area (Å²) in [5.41, 5.74) is 0.0175. The topological polar surface area (TPSA) is 21.3 Å². The van der Waals surface area contributed by atoms with E-state index >= 15 is 0 Å². The first-order valence-corrected chi connectivity index (χ1v) is 6.57. The lowest BCUT2D eigenvalue weighted by Gasteiger charge is -2.25. The fourth-order valence-electron chi connectivity index (χ4n) is 1.44. The molecular weight excluding hydrogens is 253 g/mol. The van der Waals surface area contributed by atoms with Crippen molar-refractivity contribution < 1.29 is 9.13 Å². The van der Waals surface area contributed by atoms with Gasteiger partial charge in [0.15, 0.2) is 11.6 Å². The second kappa shape index (κ2) is 6.39. The first-order chi connectivity index (χ1) is 8.33. The van der Waals surface area contributed by atoms with E-state index in [0.29, 0.717) is 6.54 Å². The van der Waals surface area contributed by atoms with E-state index in [2.05, 4.69) is 26.1 Å². The fraction of sp³-hybridized carbons (Fsp3) is 0.571. The van der Waals surface area contributed by atoms with Gasteiger partial charge in [-0.15, -0.1) is 0 Å². The van der Waals surface area contributed by atoms with Gasteiger partial charge in [-0.1, -0.05) is 24.6 Å². The van der Waals surface area contributed by atoms with Crippen LogP contribution in [0.4, 0.5) is 4.39 Å². The van der Waals surface area contributed by atoms with E-state index in [-0.39, 0.29) is 22.4 Å². The van der Waals surface area contributed by atoms with Crippen molar-refractivity contribution in [1.82, 2.24) is 5.32 Å². The average Bonchev–Trinajstić information content (AvgIpc) is 2.28. The molecule has 0 bridgehead atoms. The van der Waals surface area contributed by atoms with Crippen LogP contribution in [0.2, 0.25) is 5.02 Å². The number of ether oxygens (including phenoxy) is 1. The summed E-state index contributed by atoms with van der Waals surface area (Å²) in [5, 5.41) is 3.44. The van der Waals surface area contributed by atoms with Gasteiger partial charge in [-0.25, -0.2) is 4.39 Å². The molecule has 2 nitrogen and oxygen atoms in total. The molecule has 0 radical (unpaired) electrons. The number of hydrogen-bond acceptors (Lipinski definition) is 2. The van der Waals surface area contributed by atoms with Crippen LogP contribution in [-0.2, 0) is 0 Å². The highest BCUT2D eigenvalue weighted by Gasteiger charge is 2.16. The van der Waals surface area contributed by atoms with Crippen molar-refractivity contribution in [2.24, 2.45) is 0 Å². The molecule has 0 aliphatic carbocycles. The summed E-state index contributed by atoms with van der Waals surface area (Å²) < 4.78 is 19.3. The Morgan fingerprint density at radius 2 is 2.06 bits per heavy atom. The number of hydrogen-bond donors (Lipinski definition) is 1. The molecule has 1 unspecified atom stereocenters. The van der Waals surface area contributed by atoms with Gasteiger partial charge in [0.25, 0.3) is 0 Å². The van der Waals surface area contributed by atoms with Crippen LogP contribution in [0, 0.1) is 5.82 Å². The van der Waals surface area contributed by atoms with E-state index < -0.39 is 5.82 Å². The van der Waals surface area contributed by atoms with Crippen LogP contribution in [0.15, 0.2) is 18.2 Å². The highest BCUT2D eigenvalue weighted by molar-refractivity contribution is 6.30. The molecule has 1 aromatic carbocycles. The van der Waals surface area contributed by atoms with Gasteiger partial charge in [0.05, 0.1) is 5.02 Å². The molecular formula is C14H21ClFNO. The second-order valence-corrected chi connectivity index (χ2v) is 5.74. The van der Waals surface area contributed by atoms with Crippen molar-refractivity contribution in [1.29, 1.82) is 0 Å². The zero-order valence-electron chi connectivity index (χ0n) is 11.4. The Bertz CT molecular complexity index is 390. The van der Waals surface area contributed by atoms with Crippen molar-refractivity contribution >= 4 is 11.6 Å². The lowest BCUT2D eigenvalue weighted by Crippen LogP contribution is -2.42. The highest BCUT2D eigenvalue weighted by Crippen LogP contribution is 2.25. The third kappa shape index (κ3) is 4.83. The first kappa shape index (κ1) is 15.3. The molecule has 0 saturated carbocycles. The van der Waals surface area contributed by atoms with Gasteiger partial charge in [-0.05, 0) is 39.3 Å². The van der Waals surface area contributed by atoms with Gasteiger partial charge in [-0.3, -0.25) is 0 Å². The molecule has 0 fully saturated rings. The van der Waals surface area contributed by atoms with E-state index in [1.807, 2.05) is 6.92 Å². The molecule has 4 heteroatoms. The standard InChI is InChI=1S/C14H21ClFNO/c1-5-10(9-17-14(2,3)4)18-12-8-6-7-11(15)13(12)16/h6-8,10,17H,5,9H2,1-4H3. The van der Waals surface area contributed by atoms with Gasteiger partial charge < -0.3 is 10.1 Å². The lowest BCUT2D eigenvalue weighted by molar-refractivity contribution is 0.174. The SMILES string of the molecule is CCC(CNC(C)(C)C)Oc1cccc(Cl)c1F. The minimum Gasteiger partial charge on any atom is -0.486 e. The molecule has 0 saturated heterocycles. The van der Waals surface area contributed by atoms with E-state index in [1.165, 1.54) is 6.07 Å². The second-order valence-electron chi connectivity index (χ2n) is 5.33. The van der Waals surface area contributed by atoms with Crippen molar-refractivity contribution in [2.75, 3.05) is 6.54 Å². The van der Waals surface area contributed by atoms with Gasteiger partial charge in [-0.2, -0.15) is 0 Å². The van der Waals surface area contributed by atoms with Gasteiger partial charge >= 0.3 is 0 Å². The third-order valence-electron chi connectivity index (χ3n) is 2.53. The number of nitrogens with one attached hydrogen (secondary N) is 1. The van der Waals surface area contributed by atoms with Crippen LogP contribution in [-0.4, -0.2) is 18.2 Å². The molecule has 18 heavy (non-hydrogen) atoms. The number of benzene rings is 1. The summed E-state index contributed by atoms with van der Waals surface area (Å²) in [5.74, 6) is -0.279. The number of rotatable bonds is 5. The van der Waals surface area contributed by atoms with E-state index in [4.69, 9.17) is 16.3 Å². The van der Waals surface area contributed by atoms with Crippen LogP contribution in [0.1, 0.15) is 34.1 Å². The maximum atomic E-state index is 13.7. The molecule has 0 amide bonds. The largest absolute Gasteiger partial charge is 0.486 e. The molecule has 0 heterocycles. The fourth-order valence-corrected chi connectivity index (χ4v) is 1.61. The van der Waals surface area contributed by atoms with Gasteiger partial charge in [0.2, 0.25) is 0 Å². The summed E-state index contributed by atoms with van der Waals surface area (Å²) in [6, 6.07) is 4.80. The van der Waals surface area contributed by atoms with E-state index in [9.17, 15) is 4.39 Å². The normalized spacial score (nSPS) is 13.4. The molecule has 1 atom stereocenters. The van der Waals surface area contributed by atoms with E-state index in [1.54, 1.807) is 12.1 Å². The molecule has 0 aliphatic heterocycles. The summed E-state index contributed by atoms with van der Waals surface area (Å²) in [6.45, 7) is 8.93. The maximum absolute atomic E-state index is 13.7. The smallest absolute Gasteiger partial charge is 0.183 e. The van der Waals surface area contributed by atoms with Crippen molar-refractivity contribution in [3.05, 3.63) is 29.0 Å². The summed E-state index contributed by atoms with van der Waals surface area (Å²) in [6.07, 6.45) is 0.729. The van der Waals surface area contributed by atoms with Crippen molar-refractivity contribution in [3.8, 4) is 5.75 Å². The predicted molar refractivity (Wildman–Crippen MR) is 73.9 cm³/mol. The molecule has 0 aliphatic rings.